The summed E-state index contributed by atoms with van der Waals surface area (Å²) >= 11 is 0. The molecule has 3 N–H and O–H groups in total. The predicted molar refractivity (Wildman–Crippen MR) is 35.7 cm³/mol. The molecule has 0 aliphatic heterocycles. The van der Waals surface area contributed by atoms with Gasteiger partial charge in [0.1, 0.15) is 6.04 Å². The molecule has 0 aliphatic rings. The lowest BCUT2D eigenvalue weighted by molar-refractivity contribution is -0.139. The predicted octanol–water partition coefficient (Wildman–Crippen LogP) is 0.344. The van der Waals surface area contributed by atoms with Crippen molar-refractivity contribution in [2.24, 2.45) is 11.7 Å². The fraction of sp³-hybridized carbons (Fsp3) is 0.833. The van der Waals surface area contributed by atoms with Crippen molar-refractivity contribution in [3.63, 3.8) is 0 Å². The fourth-order valence-electron chi connectivity index (χ4n) is 0.627. The summed E-state index contributed by atoms with van der Waals surface area (Å²) in [5.74, 6) is -2.10. The van der Waals surface area contributed by atoms with Gasteiger partial charge in [-0.15, -0.1) is 0 Å². The van der Waals surface area contributed by atoms with Gasteiger partial charge in [0.15, 0.2) is 0 Å². The van der Waals surface area contributed by atoms with Crippen LogP contribution in [0, 0.1) is 5.92 Å². The zero-order valence-electron chi connectivity index (χ0n) is 5.96. The highest BCUT2D eigenvalue weighted by Crippen LogP contribution is 2.07. The topological polar surface area (TPSA) is 63.3 Å². The van der Waals surface area contributed by atoms with Crippen LogP contribution in [-0.2, 0) is 4.79 Å². The van der Waals surface area contributed by atoms with Crippen molar-refractivity contribution < 1.29 is 18.7 Å². The molecule has 0 heterocycles. The smallest absolute Gasteiger partial charge is 0.320 e. The van der Waals surface area contributed by atoms with Crippen molar-refractivity contribution in [2.45, 2.75) is 12.5 Å². The average Bonchev–Trinajstić information content (AvgIpc) is 1.99. The molecule has 0 aliphatic carbocycles. The molecule has 0 saturated carbocycles. The first kappa shape index (κ1) is 10.3. The average molecular weight is 167 g/mol. The van der Waals surface area contributed by atoms with Gasteiger partial charge in [-0.3, -0.25) is 13.6 Å². The van der Waals surface area contributed by atoms with Gasteiger partial charge >= 0.3 is 5.97 Å². The number of nitrogens with two attached hydrogens (primary N) is 1. The lowest BCUT2D eigenvalue weighted by Crippen LogP contribution is -2.33. The van der Waals surface area contributed by atoms with Crippen molar-refractivity contribution in [2.75, 3.05) is 13.3 Å². The Kier molecular flexibility index (Phi) is 4.69. The highest BCUT2D eigenvalue weighted by Gasteiger charge is 2.18. The summed E-state index contributed by atoms with van der Waals surface area (Å²) in [5.41, 5.74) is 5.04. The molecule has 0 fully saturated rings. The van der Waals surface area contributed by atoms with Crippen molar-refractivity contribution in [1.29, 1.82) is 0 Å². The van der Waals surface area contributed by atoms with E-state index in [0.717, 1.165) is 0 Å². The Hall–Kier alpha value is -0.710. The first-order valence-electron chi connectivity index (χ1n) is 3.22. The van der Waals surface area contributed by atoms with Crippen molar-refractivity contribution >= 4 is 5.97 Å². The molecule has 0 amide bonds. The molecule has 0 aromatic rings. The normalized spacial score (nSPS) is 13.5. The molecule has 0 aromatic heterocycles. The van der Waals surface area contributed by atoms with E-state index < -0.39 is 31.3 Å². The first-order chi connectivity index (χ1) is 5.11. The summed E-state index contributed by atoms with van der Waals surface area (Å²) < 4.78 is 23.6. The van der Waals surface area contributed by atoms with E-state index in [1.807, 2.05) is 0 Å². The third-order valence-corrected chi connectivity index (χ3v) is 1.34. The summed E-state index contributed by atoms with van der Waals surface area (Å²) in [4.78, 5) is 10.1. The molecular weight excluding hydrogens is 156 g/mol. The molecule has 0 spiro atoms. The Morgan fingerprint density at radius 3 is 2.18 bits per heavy atom. The van der Waals surface area contributed by atoms with Crippen molar-refractivity contribution in [3.8, 4) is 0 Å². The molecule has 5 heteroatoms. The number of hydrogen-bond donors (Lipinski definition) is 2. The molecule has 3 nitrogen and oxygen atoms in total. The standard InChI is InChI=1S/C6H11F2NO2/c7-2-4(3-8)1-5(9)6(10)11/h4-5H,1-3,9H2,(H,10,11). The van der Waals surface area contributed by atoms with Crippen molar-refractivity contribution in [1.82, 2.24) is 0 Å². The van der Waals surface area contributed by atoms with E-state index in [9.17, 15) is 13.6 Å². The van der Waals surface area contributed by atoms with Crippen LogP contribution in [0.2, 0.25) is 0 Å². The minimum atomic E-state index is -1.23. The Morgan fingerprint density at radius 2 is 1.91 bits per heavy atom. The lowest BCUT2D eigenvalue weighted by Gasteiger charge is -2.10. The van der Waals surface area contributed by atoms with Crippen LogP contribution in [0.4, 0.5) is 8.78 Å². The van der Waals surface area contributed by atoms with Crippen LogP contribution in [0.3, 0.4) is 0 Å². The summed E-state index contributed by atoms with van der Waals surface area (Å²) in [6.45, 7) is -1.73. The molecule has 1 unspecified atom stereocenters. The van der Waals surface area contributed by atoms with Gasteiger partial charge in [0, 0.05) is 5.92 Å². The number of carboxylic acids is 1. The first-order valence-corrected chi connectivity index (χ1v) is 3.22. The minimum absolute atomic E-state index is 0.150. The molecule has 0 rings (SSSR count). The second-order valence-electron chi connectivity index (χ2n) is 2.36. The SMILES string of the molecule is NC(CC(CF)CF)C(=O)O. The van der Waals surface area contributed by atoms with Gasteiger partial charge in [-0.2, -0.15) is 0 Å². The largest absolute Gasteiger partial charge is 0.480 e. The molecule has 11 heavy (non-hydrogen) atoms. The monoisotopic (exact) mass is 167 g/mol. The van der Waals surface area contributed by atoms with Gasteiger partial charge in [0.05, 0.1) is 13.3 Å². The van der Waals surface area contributed by atoms with E-state index in [4.69, 9.17) is 10.8 Å². The Bertz CT molecular complexity index is 128. The second-order valence-corrected chi connectivity index (χ2v) is 2.36. The van der Waals surface area contributed by atoms with Gasteiger partial charge in [0.2, 0.25) is 0 Å². The summed E-state index contributed by atoms with van der Waals surface area (Å²) in [7, 11) is 0. The molecule has 1 atom stereocenters. The number of hydrogen-bond acceptors (Lipinski definition) is 2. The molecule has 0 saturated heterocycles. The van der Waals surface area contributed by atoms with Gasteiger partial charge < -0.3 is 10.8 Å². The maximum Gasteiger partial charge on any atom is 0.320 e. The number of alkyl halides is 2. The number of carbonyl (C=O) groups is 1. The zero-order valence-corrected chi connectivity index (χ0v) is 5.96. The molecular formula is C6H11F2NO2. The number of rotatable bonds is 5. The van der Waals surface area contributed by atoms with Crippen LogP contribution < -0.4 is 5.73 Å². The van der Waals surface area contributed by atoms with Crippen LogP contribution in [0.15, 0.2) is 0 Å². The molecule has 66 valence electrons. The molecule has 0 bridgehead atoms. The Balaban J connectivity index is 3.71. The molecule has 0 radical (unpaired) electrons. The highest BCUT2D eigenvalue weighted by atomic mass is 19.1. The van der Waals surface area contributed by atoms with Gasteiger partial charge in [0.25, 0.3) is 0 Å². The third kappa shape index (κ3) is 3.87. The number of carboxylic acid groups (broad SMARTS) is 1. The van der Waals surface area contributed by atoms with Crippen LogP contribution in [0.1, 0.15) is 6.42 Å². The van der Waals surface area contributed by atoms with E-state index in [1.165, 1.54) is 0 Å². The summed E-state index contributed by atoms with van der Waals surface area (Å²) in [6, 6.07) is -1.16. The number of aliphatic carboxylic acids is 1. The van der Waals surface area contributed by atoms with E-state index in [0.29, 0.717) is 0 Å². The van der Waals surface area contributed by atoms with Crippen LogP contribution >= 0.6 is 0 Å². The Morgan fingerprint density at radius 1 is 1.45 bits per heavy atom. The van der Waals surface area contributed by atoms with Gasteiger partial charge in [-0.05, 0) is 6.42 Å². The minimum Gasteiger partial charge on any atom is -0.480 e. The van der Waals surface area contributed by atoms with E-state index in [-0.39, 0.29) is 6.42 Å². The second kappa shape index (κ2) is 5.01. The highest BCUT2D eigenvalue weighted by molar-refractivity contribution is 5.73. The van der Waals surface area contributed by atoms with Gasteiger partial charge in [-0.25, -0.2) is 0 Å². The summed E-state index contributed by atoms with van der Waals surface area (Å²) in [5, 5.41) is 8.25. The maximum absolute atomic E-state index is 11.8. The zero-order chi connectivity index (χ0) is 8.85. The van der Waals surface area contributed by atoms with Crippen LogP contribution in [0.25, 0.3) is 0 Å². The quantitative estimate of drug-likeness (QED) is 0.620. The molecule has 0 aromatic carbocycles. The van der Waals surface area contributed by atoms with Gasteiger partial charge in [-0.1, -0.05) is 0 Å². The van der Waals surface area contributed by atoms with E-state index in [2.05, 4.69) is 0 Å². The third-order valence-electron chi connectivity index (χ3n) is 1.34. The van der Waals surface area contributed by atoms with Crippen LogP contribution in [0.5, 0.6) is 0 Å². The van der Waals surface area contributed by atoms with E-state index in [1.54, 1.807) is 0 Å². The van der Waals surface area contributed by atoms with E-state index >= 15 is 0 Å². The Labute approximate surface area is 63.2 Å². The maximum atomic E-state index is 11.8. The lowest BCUT2D eigenvalue weighted by atomic mass is 10.0. The van der Waals surface area contributed by atoms with Crippen LogP contribution in [-0.4, -0.2) is 30.5 Å². The fourth-order valence-corrected chi connectivity index (χ4v) is 0.627. The number of halogens is 2. The summed E-state index contributed by atoms with van der Waals surface area (Å²) in [6.07, 6.45) is -0.150. The van der Waals surface area contributed by atoms with Crippen molar-refractivity contribution in [3.05, 3.63) is 0 Å².